The fraction of sp³-hybridized carbons (Fsp3) is 0.222. The van der Waals surface area contributed by atoms with Crippen molar-refractivity contribution in [1.82, 2.24) is 10.6 Å². The molecule has 0 bridgehead atoms. The van der Waals surface area contributed by atoms with Crippen molar-refractivity contribution in [1.29, 1.82) is 0 Å². The second-order valence-corrected chi connectivity index (χ2v) is 6.18. The molecule has 4 nitrogen and oxygen atoms in total. The van der Waals surface area contributed by atoms with E-state index in [1.165, 1.54) is 0 Å². The lowest BCUT2D eigenvalue weighted by Gasteiger charge is -2.07. The number of nitrogens with one attached hydrogen (secondary N) is 2. The van der Waals surface area contributed by atoms with Gasteiger partial charge in [0.15, 0.2) is 0 Å². The average Bonchev–Trinajstić information content (AvgIpc) is 2.56. The third-order valence-electron chi connectivity index (χ3n) is 3.33. The average molecular weight is 365 g/mol. The highest BCUT2D eigenvalue weighted by Crippen LogP contribution is 2.10. The van der Waals surface area contributed by atoms with Gasteiger partial charge in [-0.1, -0.05) is 47.5 Å². The van der Waals surface area contributed by atoms with Crippen LogP contribution in [0.1, 0.15) is 11.1 Å². The highest BCUT2D eigenvalue weighted by Gasteiger charge is 2.05. The molecule has 0 spiro atoms. The third-order valence-corrected chi connectivity index (χ3v) is 3.83. The lowest BCUT2D eigenvalue weighted by atomic mass is 10.1. The van der Waals surface area contributed by atoms with E-state index in [-0.39, 0.29) is 24.7 Å². The van der Waals surface area contributed by atoms with E-state index >= 15 is 0 Å². The fourth-order valence-corrected chi connectivity index (χ4v) is 2.36. The van der Waals surface area contributed by atoms with E-state index in [0.717, 1.165) is 11.1 Å². The van der Waals surface area contributed by atoms with Crippen molar-refractivity contribution in [2.75, 3.05) is 13.1 Å². The summed E-state index contributed by atoms with van der Waals surface area (Å²) in [5.41, 5.74) is 1.78. The minimum atomic E-state index is -0.0933. The molecule has 0 aliphatic rings. The molecular weight excluding hydrogens is 347 g/mol. The molecule has 0 saturated heterocycles. The molecule has 0 aromatic heterocycles. The Morgan fingerprint density at radius 2 is 1.00 bits per heavy atom. The van der Waals surface area contributed by atoms with Gasteiger partial charge in [-0.2, -0.15) is 0 Å². The lowest BCUT2D eigenvalue weighted by Crippen LogP contribution is -2.35. The second-order valence-electron chi connectivity index (χ2n) is 5.31. The van der Waals surface area contributed by atoms with Crippen LogP contribution in [0.25, 0.3) is 0 Å². The summed E-state index contributed by atoms with van der Waals surface area (Å²) in [7, 11) is 0. The van der Waals surface area contributed by atoms with Crippen molar-refractivity contribution in [2.45, 2.75) is 12.8 Å². The Morgan fingerprint density at radius 3 is 1.33 bits per heavy atom. The van der Waals surface area contributed by atoms with Gasteiger partial charge in [0.05, 0.1) is 12.8 Å². The van der Waals surface area contributed by atoms with Crippen LogP contribution in [0.3, 0.4) is 0 Å². The summed E-state index contributed by atoms with van der Waals surface area (Å²) < 4.78 is 0. The van der Waals surface area contributed by atoms with E-state index < -0.39 is 0 Å². The highest BCUT2D eigenvalue weighted by molar-refractivity contribution is 6.30. The number of rotatable bonds is 7. The molecule has 2 amide bonds. The Labute approximate surface area is 151 Å². The van der Waals surface area contributed by atoms with Gasteiger partial charge in [-0.25, -0.2) is 0 Å². The van der Waals surface area contributed by atoms with Crippen molar-refractivity contribution < 1.29 is 9.59 Å². The van der Waals surface area contributed by atoms with Crippen LogP contribution in [0.15, 0.2) is 48.5 Å². The molecule has 2 aromatic carbocycles. The number of amides is 2. The molecular formula is C18H18Cl2N2O2. The topological polar surface area (TPSA) is 58.2 Å². The van der Waals surface area contributed by atoms with Crippen LogP contribution in [0.2, 0.25) is 10.0 Å². The summed E-state index contributed by atoms with van der Waals surface area (Å²) in [5, 5.41) is 6.82. The monoisotopic (exact) mass is 364 g/mol. The van der Waals surface area contributed by atoms with Crippen LogP contribution in [0, 0.1) is 0 Å². The fourth-order valence-electron chi connectivity index (χ4n) is 2.10. The van der Waals surface area contributed by atoms with Crippen molar-refractivity contribution >= 4 is 35.0 Å². The number of benzene rings is 2. The van der Waals surface area contributed by atoms with Gasteiger partial charge in [0.25, 0.3) is 0 Å². The number of carbonyl (C=O) groups is 2. The molecule has 6 heteroatoms. The summed E-state index contributed by atoms with van der Waals surface area (Å²) in [5.74, 6) is -0.187. The minimum Gasteiger partial charge on any atom is -0.354 e. The van der Waals surface area contributed by atoms with E-state index in [1.54, 1.807) is 24.3 Å². The van der Waals surface area contributed by atoms with Crippen LogP contribution >= 0.6 is 23.2 Å². The first-order chi connectivity index (χ1) is 11.5. The predicted molar refractivity (Wildman–Crippen MR) is 96.3 cm³/mol. The Morgan fingerprint density at radius 1 is 0.667 bits per heavy atom. The van der Waals surface area contributed by atoms with Gasteiger partial charge in [-0.15, -0.1) is 0 Å². The smallest absolute Gasteiger partial charge is 0.224 e. The first kappa shape index (κ1) is 18.3. The molecule has 2 N–H and O–H groups in total. The summed E-state index contributed by atoms with van der Waals surface area (Å²) in [6.07, 6.45) is 0.575. The van der Waals surface area contributed by atoms with E-state index in [9.17, 15) is 9.59 Å². The van der Waals surface area contributed by atoms with Crippen molar-refractivity contribution in [3.63, 3.8) is 0 Å². The Hall–Kier alpha value is -2.04. The van der Waals surface area contributed by atoms with Crippen LogP contribution in [-0.4, -0.2) is 24.9 Å². The predicted octanol–water partition coefficient (Wildman–Crippen LogP) is 3.01. The Balaban J connectivity index is 1.63. The quantitative estimate of drug-likeness (QED) is 0.741. The maximum Gasteiger partial charge on any atom is 0.224 e. The second kappa shape index (κ2) is 9.30. The zero-order chi connectivity index (χ0) is 17.4. The van der Waals surface area contributed by atoms with Crippen molar-refractivity contribution in [2.24, 2.45) is 0 Å². The van der Waals surface area contributed by atoms with Gasteiger partial charge < -0.3 is 10.6 Å². The summed E-state index contributed by atoms with van der Waals surface area (Å²) in [6, 6.07) is 14.3. The molecule has 24 heavy (non-hydrogen) atoms. The van der Waals surface area contributed by atoms with E-state index in [4.69, 9.17) is 23.2 Å². The third kappa shape index (κ3) is 6.60. The van der Waals surface area contributed by atoms with Crippen LogP contribution in [0.4, 0.5) is 0 Å². The maximum atomic E-state index is 11.8. The largest absolute Gasteiger partial charge is 0.354 e. The van der Waals surface area contributed by atoms with Crippen molar-refractivity contribution in [3.8, 4) is 0 Å². The van der Waals surface area contributed by atoms with Gasteiger partial charge in [0.1, 0.15) is 0 Å². The molecule has 2 aromatic rings. The summed E-state index contributed by atoms with van der Waals surface area (Å²) >= 11 is 11.6. The normalized spacial score (nSPS) is 10.2. The first-order valence-corrected chi connectivity index (χ1v) is 8.31. The SMILES string of the molecule is O=C(Cc1ccc(Cl)cc1)NCCNC(=O)Cc1ccc(Cl)cc1. The van der Waals surface area contributed by atoms with Gasteiger partial charge in [0, 0.05) is 23.1 Å². The molecule has 0 aliphatic heterocycles. The molecule has 0 atom stereocenters. The highest BCUT2D eigenvalue weighted by atomic mass is 35.5. The van der Waals surface area contributed by atoms with Crippen LogP contribution < -0.4 is 10.6 Å². The zero-order valence-electron chi connectivity index (χ0n) is 13.0. The van der Waals surface area contributed by atoms with Crippen LogP contribution in [0.5, 0.6) is 0 Å². The van der Waals surface area contributed by atoms with E-state index in [1.807, 2.05) is 24.3 Å². The Kier molecular flexibility index (Phi) is 7.09. The molecule has 126 valence electrons. The molecule has 0 unspecified atom stereocenters. The van der Waals surface area contributed by atoms with Crippen molar-refractivity contribution in [3.05, 3.63) is 69.7 Å². The summed E-state index contributed by atoms with van der Waals surface area (Å²) in [6.45, 7) is 0.775. The number of carbonyl (C=O) groups excluding carboxylic acids is 2. The van der Waals surface area contributed by atoms with Crippen LogP contribution in [-0.2, 0) is 22.4 Å². The number of hydrogen-bond acceptors (Lipinski definition) is 2. The molecule has 0 aliphatic carbocycles. The maximum absolute atomic E-state index is 11.8. The number of hydrogen-bond donors (Lipinski definition) is 2. The molecule has 0 heterocycles. The molecule has 2 rings (SSSR count). The van der Waals surface area contributed by atoms with Gasteiger partial charge >= 0.3 is 0 Å². The number of halogens is 2. The first-order valence-electron chi connectivity index (χ1n) is 7.55. The lowest BCUT2D eigenvalue weighted by molar-refractivity contribution is -0.122. The standard InChI is InChI=1S/C18H18Cl2N2O2/c19-15-5-1-13(2-6-15)11-17(23)21-9-10-22-18(24)12-14-3-7-16(20)8-4-14/h1-8H,9-12H2,(H,21,23)(H,22,24). The van der Waals surface area contributed by atoms with Gasteiger partial charge in [0.2, 0.25) is 11.8 Å². The Bertz CT molecular complexity index is 624. The van der Waals surface area contributed by atoms with Gasteiger partial charge in [-0.05, 0) is 35.4 Å². The zero-order valence-corrected chi connectivity index (χ0v) is 14.5. The van der Waals surface area contributed by atoms with E-state index in [2.05, 4.69) is 10.6 Å². The minimum absolute atomic E-state index is 0.0933. The molecule has 0 radical (unpaired) electrons. The van der Waals surface area contributed by atoms with Gasteiger partial charge in [-0.3, -0.25) is 9.59 Å². The summed E-state index contributed by atoms with van der Waals surface area (Å²) in [4.78, 5) is 23.6. The molecule has 0 saturated carbocycles. The molecule has 0 fully saturated rings. The van der Waals surface area contributed by atoms with E-state index in [0.29, 0.717) is 23.1 Å².